The number of rotatable bonds is 5. The summed E-state index contributed by atoms with van der Waals surface area (Å²) in [5.74, 6) is 1.10. The molecule has 1 aliphatic heterocycles. The summed E-state index contributed by atoms with van der Waals surface area (Å²) in [6, 6.07) is 4.95. The van der Waals surface area contributed by atoms with Crippen LogP contribution >= 0.6 is 24.0 Å². The molecule has 5 nitrogen and oxygen atoms in total. The van der Waals surface area contributed by atoms with Gasteiger partial charge in [0.2, 0.25) is 0 Å². The molecule has 1 unspecified atom stereocenters. The van der Waals surface area contributed by atoms with Gasteiger partial charge in [-0.1, -0.05) is 12.1 Å². The highest BCUT2D eigenvalue weighted by atomic mass is 127. The second kappa shape index (κ2) is 9.55. The van der Waals surface area contributed by atoms with Crippen LogP contribution in [0.25, 0.3) is 0 Å². The van der Waals surface area contributed by atoms with E-state index in [1.807, 2.05) is 6.92 Å². The Balaban J connectivity index is 0.00000288. The number of guanidine groups is 1. The van der Waals surface area contributed by atoms with Crippen LogP contribution in [0.3, 0.4) is 0 Å². The monoisotopic (exact) mass is 469 g/mol. The van der Waals surface area contributed by atoms with Gasteiger partial charge in [0.25, 0.3) is 0 Å². The van der Waals surface area contributed by atoms with E-state index in [1.165, 1.54) is 6.07 Å². The van der Waals surface area contributed by atoms with Gasteiger partial charge in [-0.3, -0.25) is 0 Å². The van der Waals surface area contributed by atoms with Crippen LogP contribution in [0.2, 0.25) is 0 Å². The summed E-state index contributed by atoms with van der Waals surface area (Å²) in [5.41, 5.74) is 1.54. The minimum Gasteiger partial charge on any atom is -0.357 e. The average Bonchev–Trinajstić information content (AvgIpc) is 2.85. The van der Waals surface area contributed by atoms with Crippen molar-refractivity contribution in [2.75, 3.05) is 24.6 Å². The van der Waals surface area contributed by atoms with Crippen molar-refractivity contribution in [2.24, 2.45) is 10.9 Å². The largest absolute Gasteiger partial charge is 0.357 e. The number of nitrogens with one attached hydrogen (secondary N) is 2. The summed E-state index contributed by atoms with van der Waals surface area (Å²) in [5, 5.41) is 6.34. The molecule has 24 heavy (non-hydrogen) atoms. The zero-order valence-electron chi connectivity index (χ0n) is 14.0. The van der Waals surface area contributed by atoms with Crippen molar-refractivity contribution in [1.82, 2.24) is 10.6 Å². The lowest BCUT2D eigenvalue weighted by molar-refractivity contribution is 0.567. The summed E-state index contributed by atoms with van der Waals surface area (Å²) in [6.45, 7) is 5.45. The third-order valence-corrected chi connectivity index (χ3v) is 5.71. The SMILES string of the molecule is CCNC(=NCc1ccc(F)c(C)c1)NCC1CCS(=O)(=O)C1.I. The van der Waals surface area contributed by atoms with Gasteiger partial charge in [-0.15, -0.1) is 24.0 Å². The maximum Gasteiger partial charge on any atom is 0.191 e. The van der Waals surface area contributed by atoms with Gasteiger partial charge in [-0.05, 0) is 43.4 Å². The Kier molecular flexibility index (Phi) is 8.41. The summed E-state index contributed by atoms with van der Waals surface area (Å²) >= 11 is 0. The van der Waals surface area contributed by atoms with E-state index in [2.05, 4.69) is 15.6 Å². The summed E-state index contributed by atoms with van der Waals surface area (Å²) in [4.78, 5) is 4.47. The van der Waals surface area contributed by atoms with E-state index in [-0.39, 0.29) is 47.2 Å². The molecular formula is C16H25FIN3O2S. The number of aliphatic imine (C=N–C) groups is 1. The third-order valence-electron chi connectivity index (χ3n) is 3.87. The molecule has 0 aromatic heterocycles. The number of halogens is 2. The van der Waals surface area contributed by atoms with Crippen molar-refractivity contribution < 1.29 is 12.8 Å². The highest BCUT2D eigenvalue weighted by Gasteiger charge is 2.27. The molecule has 1 fully saturated rings. The molecule has 1 aromatic carbocycles. The Bertz CT molecular complexity index is 680. The first-order valence-electron chi connectivity index (χ1n) is 7.87. The lowest BCUT2D eigenvalue weighted by Crippen LogP contribution is -2.40. The van der Waals surface area contributed by atoms with E-state index >= 15 is 0 Å². The molecule has 0 radical (unpaired) electrons. The molecule has 2 rings (SSSR count). The highest BCUT2D eigenvalue weighted by molar-refractivity contribution is 14.0. The van der Waals surface area contributed by atoms with E-state index in [9.17, 15) is 12.8 Å². The Hall–Kier alpha value is -0.900. The molecular weight excluding hydrogens is 444 g/mol. The number of benzene rings is 1. The van der Waals surface area contributed by atoms with Gasteiger partial charge in [0.05, 0.1) is 18.1 Å². The number of sulfone groups is 1. The lowest BCUT2D eigenvalue weighted by Gasteiger charge is -2.14. The maximum absolute atomic E-state index is 13.3. The topological polar surface area (TPSA) is 70.6 Å². The minimum atomic E-state index is -2.86. The molecule has 2 N–H and O–H groups in total. The van der Waals surface area contributed by atoms with Crippen molar-refractivity contribution in [3.63, 3.8) is 0 Å². The van der Waals surface area contributed by atoms with Crippen molar-refractivity contribution in [3.05, 3.63) is 35.1 Å². The first kappa shape index (κ1) is 21.1. The van der Waals surface area contributed by atoms with Gasteiger partial charge in [0, 0.05) is 13.1 Å². The molecule has 1 aromatic rings. The van der Waals surface area contributed by atoms with E-state index < -0.39 is 9.84 Å². The van der Waals surface area contributed by atoms with Gasteiger partial charge in [-0.25, -0.2) is 17.8 Å². The first-order valence-corrected chi connectivity index (χ1v) is 9.69. The lowest BCUT2D eigenvalue weighted by atomic mass is 10.1. The smallest absolute Gasteiger partial charge is 0.191 e. The highest BCUT2D eigenvalue weighted by Crippen LogP contribution is 2.17. The first-order chi connectivity index (χ1) is 10.9. The second-order valence-electron chi connectivity index (χ2n) is 5.93. The Morgan fingerprint density at radius 2 is 2.12 bits per heavy atom. The van der Waals surface area contributed by atoms with E-state index in [4.69, 9.17) is 0 Å². The maximum atomic E-state index is 13.3. The Morgan fingerprint density at radius 3 is 2.71 bits per heavy atom. The zero-order valence-corrected chi connectivity index (χ0v) is 17.2. The number of hydrogen-bond donors (Lipinski definition) is 2. The van der Waals surface area contributed by atoms with E-state index in [0.29, 0.717) is 31.0 Å². The van der Waals surface area contributed by atoms with Crippen LogP contribution in [0, 0.1) is 18.7 Å². The molecule has 0 spiro atoms. The number of hydrogen-bond acceptors (Lipinski definition) is 3. The van der Waals surface area contributed by atoms with Crippen molar-refractivity contribution >= 4 is 39.8 Å². The Morgan fingerprint density at radius 1 is 1.38 bits per heavy atom. The van der Waals surface area contributed by atoms with Crippen molar-refractivity contribution in [3.8, 4) is 0 Å². The van der Waals surface area contributed by atoms with E-state index in [1.54, 1.807) is 19.1 Å². The summed E-state index contributed by atoms with van der Waals surface area (Å²) in [7, 11) is -2.86. The second-order valence-corrected chi connectivity index (χ2v) is 8.16. The fourth-order valence-electron chi connectivity index (χ4n) is 2.59. The van der Waals surface area contributed by atoms with Crippen molar-refractivity contribution in [1.29, 1.82) is 0 Å². The quantitative estimate of drug-likeness (QED) is 0.395. The molecule has 0 bridgehead atoms. The normalized spacial score (nSPS) is 19.6. The molecule has 0 amide bonds. The van der Waals surface area contributed by atoms with Gasteiger partial charge < -0.3 is 10.6 Å². The molecule has 0 saturated carbocycles. The van der Waals surface area contributed by atoms with Crippen LogP contribution < -0.4 is 10.6 Å². The van der Waals surface area contributed by atoms with Crippen LogP contribution in [0.1, 0.15) is 24.5 Å². The van der Waals surface area contributed by atoms with Crippen LogP contribution in [-0.4, -0.2) is 39.0 Å². The predicted molar refractivity (Wildman–Crippen MR) is 106 cm³/mol. The number of aryl methyl sites for hydroxylation is 1. The summed E-state index contributed by atoms with van der Waals surface area (Å²) < 4.78 is 36.2. The molecule has 1 aliphatic rings. The van der Waals surface area contributed by atoms with Crippen LogP contribution in [-0.2, 0) is 16.4 Å². The standard InChI is InChI=1S/C16H24FN3O2S.HI/c1-3-18-16(20-10-14-6-7-23(21,22)11-14)19-9-13-4-5-15(17)12(2)8-13;/h4-5,8,14H,3,6-7,9-11H2,1-2H3,(H2,18,19,20);1H. The molecule has 1 saturated heterocycles. The molecule has 136 valence electrons. The fourth-order valence-corrected chi connectivity index (χ4v) is 4.45. The van der Waals surface area contributed by atoms with Crippen LogP contribution in [0.15, 0.2) is 23.2 Å². The van der Waals surface area contributed by atoms with Crippen molar-refractivity contribution in [2.45, 2.75) is 26.8 Å². The fraction of sp³-hybridized carbons (Fsp3) is 0.562. The molecule has 8 heteroatoms. The average molecular weight is 469 g/mol. The number of nitrogens with zero attached hydrogens (tertiary/aromatic N) is 1. The molecule has 1 atom stereocenters. The zero-order chi connectivity index (χ0) is 16.9. The molecule has 0 aliphatic carbocycles. The Labute approximate surface area is 160 Å². The predicted octanol–water partition coefficient (Wildman–Crippen LogP) is 2.24. The minimum absolute atomic E-state index is 0. The summed E-state index contributed by atoms with van der Waals surface area (Å²) in [6.07, 6.45) is 0.700. The van der Waals surface area contributed by atoms with Gasteiger partial charge in [0.1, 0.15) is 5.82 Å². The van der Waals surface area contributed by atoms with Gasteiger partial charge >= 0.3 is 0 Å². The van der Waals surface area contributed by atoms with Gasteiger partial charge in [-0.2, -0.15) is 0 Å². The molecule has 1 heterocycles. The third kappa shape index (κ3) is 6.54. The van der Waals surface area contributed by atoms with Crippen LogP contribution in [0.5, 0.6) is 0 Å². The van der Waals surface area contributed by atoms with Gasteiger partial charge in [0.15, 0.2) is 15.8 Å². The van der Waals surface area contributed by atoms with Crippen LogP contribution in [0.4, 0.5) is 4.39 Å². The van der Waals surface area contributed by atoms with E-state index in [0.717, 1.165) is 12.1 Å².